The van der Waals surface area contributed by atoms with Gasteiger partial charge in [-0.2, -0.15) is 0 Å². The van der Waals surface area contributed by atoms with E-state index in [9.17, 15) is 4.79 Å². The zero-order valence-electron chi connectivity index (χ0n) is 13.2. The van der Waals surface area contributed by atoms with Crippen LogP contribution in [0.5, 0.6) is 5.75 Å². The molecule has 1 atom stereocenters. The van der Waals surface area contributed by atoms with Gasteiger partial charge >= 0.3 is 6.03 Å². The van der Waals surface area contributed by atoms with Crippen LogP contribution in [0.15, 0.2) is 24.3 Å². The molecule has 2 amide bonds. The highest BCUT2D eigenvalue weighted by Crippen LogP contribution is 2.24. The summed E-state index contributed by atoms with van der Waals surface area (Å²) < 4.78 is 5.66. The first-order chi connectivity index (χ1) is 9.93. The number of hydrogen-bond donors (Lipinski definition) is 3. The summed E-state index contributed by atoms with van der Waals surface area (Å²) in [5, 5.41) is 14.7. The summed E-state index contributed by atoms with van der Waals surface area (Å²) in [4.78, 5) is 12.1. The molecule has 0 saturated carbocycles. The molecule has 0 aromatic heterocycles. The van der Waals surface area contributed by atoms with Gasteiger partial charge in [0.1, 0.15) is 5.75 Å². The summed E-state index contributed by atoms with van der Waals surface area (Å²) in [5.74, 6) is 0.899. The maximum Gasteiger partial charge on any atom is 0.319 e. The number of nitrogens with one attached hydrogen (secondary N) is 2. The van der Waals surface area contributed by atoms with Gasteiger partial charge in [-0.1, -0.05) is 26.0 Å². The summed E-state index contributed by atoms with van der Waals surface area (Å²) in [6.45, 7) is 7.95. The number of benzene rings is 1. The highest BCUT2D eigenvalue weighted by Gasteiger charge is 2.16. The number of urea groups is 1. The number of anilines is 1. The van der Waals surface area contributed by atoms with Gasteiger partial charge in [0.2, 0.25) is 0 Å². The Bertz CT molecular complexity index is 447. The molecule has 118 valence electrons. The molecule has 5 heteroatoms. The normalized spacial score (nSPS) is 12.3. The van der Waals surface area contributed by atoms with Gasteiger partial charge in [-0.05, 0) is 38.3 Å². The van der Waals surface area contributed by atoms with Crippen molar-refractivity contribution < 1.29 is 14.6 Å². The first-order valence-corrected chi connectivity index (χ1v) is 7.38. The van der Waals surface area contributed by atoms with E-state index >= 15 is 0 Å². The Kier molecular flexibility index (Phi) is 7.02. The largest absolute Gasteiger partial charge is 0.489 e. The van der Waals surface area contributed by atoms with Gasteiger partial charge in [-0.15, -0.1) is 0 Å². The van der Waals surface area contributed by atoms with Gasteiger partial charge in [-0.25, -0.2) is 4.79 Å². The van der Waals surface area contributed by atoms with Crippen molar-refractivity contribution in [2.45, 2.75) is 46.3 Å². The third kappa shape index (κ3) is 6.04. The minimum absolute atomic E-state index is 0.0359. The molecule has 3 N–H and O–H groups in total. The lowest BCUT2D eigenvalue weighted by atomic mass is 10.0. The minimum atomic E-state index is -0.290. The van der Waals surface area contributed by atoms with Crippen LogP contribution in [0.3, 0.4) is 0 Å². The average molecular weight is 294 g/mol. The molecule has 21 heavy (non-hydrogen) atoms. The molecule has 0 aliphatic carbocycles. The van der Waals surface area contributed by atoms with Crippen LogP contribution in [-0.4, -0.2) is 29.9 Å². The van der Waals surface area contributed by atoms with Gasteiger partial charge < -0.3 is 20.5 Å². The van der Waals surface area contributed by atoms with Crippen LogP contribution in [0, 0.1) is 5.92 Å². The van der Waals surface area contributed by atoms with Crippen molar-refractivity contribution in [3.63, 3.8) is 0 Å². The Hall–Kier alpha value is -1.75. The fourth-order valence-electron chi connectivity index (χ4n) is 1.96. The van der Waals surface area contributed by atoms with E-state index < -0.39 is 0 Å². The van der Waals surface area contributed by atoms with E-state index in [1.807, 2.05) is 45.9 Å². The third-order valence-corrected chi connectivity index (χ3v) is 3.06. The Balaban J connectivity index is 2.70. The second kappa shape index (κ2) is 8.52. The monoisotopic (exact) mass is 294 g/mol. The number of rotatable bonds is 7. The SMILES string of the molecule is CC(C)Oc1ccccc1NC(=O)N[C@@H](CCO)C(C)C. The van der Waals surface area contributed by atoms with Crippen LogP contribution >= 0.6 is 0 Å². The van der Waals surface area contributed by atoms with E-state index in [1.54, 1.807) is 6.07 Å². The maximum atomic E-state index is 12.1. The molecule has 0 aliphatic heterocycles. The molecular weight excluding hydrogens is 268 g/mol. The van der Waals surface area contributed by atoms with Gasteiger partial charge in [0.15, 0.2) is 0 Å². The number of amides is 2. The molecule has 0 unspecified atom stereocenters. The minimum Gasteiger partial charge on any atom is -0.489 e. The molecule has 1 aromatic rings. The Labute approximate surface area is 126 Å². The molecular formula is C16H26N2O3. The van der Waals surface area contributed by atoms with E-state index in [0.717, 1.165) is 0 Å². The number of carbonyl (C=O) groups excluding carboxylic acids is 1. The van der Waals surface area contributed by atoms with Gasteiger partial charge in [-0.3, -0.25) is 0 Å². The number of para-hydroxylation sites is 2. The molecule has 0 bridgehead atoms. The van der Waals surface area contributed by atoms with Crippen LogP contribution in [0.2, 0.25) is 0 Å². The molecule has 0 aliphatic rings. The fourth-order valence-corrected chi connectivity index (χ4v) is 1.96. The van der Waals surface area contributed by atoms with Gasteiger partial charge in [0, 0.05) is 12.6 Å². The quantitative estimate of drug-likeness (QED) is 0.724. The van der Waals surface area contributed by atoms with Crippen molar-refractivity contribution in [2.75, 3.05) is 11.9 Å². The molecule has 5 nitrogen and oxygen atoms in total. The number of ether oxygens (including phenoxy) is 1. The average Bonchev–Trinajstić information content (AvgIpc) is 2.39. The van der Waals surface area contributed by atoms with Crippen molar-refractivity contribution in [2.24, 2.45) is 5.92 Å². The Morgan fingerprint density at radius 3 is 2.48 bits per heavy atom. The molecule has 0 radical (unpaired) electrons. The van der Waals surface area contributed by atoms with E-state index in [-0.39, 0.29) is 30.7 Å². The van der Waals surface area contributed by atoms with E-state index in [4.69, 9.17) is 9.84 Å². The smallest absolute Gasteiger partial charge is 0.319 e. The van der Waals surface area contributed by atoms with Crippen molar-refractivity contribution in [1.82, 2.24) is 5.32 Å². The van der Waals surface area contributed by atoms with Gasteiger partial charge in [0.25, 0.3) is 0 Å². The van der Waals surface area contributed by atoms with Gasteiger partial charge in [0.05, 0.1) is 11.8 Å². The Morgan fingerprint density at radius 2 is 1.90 bits per heavy atom. The van der Waals surface area contributed by atoms with Crippen LogP contribution < -0.4 is 15.4 Å². The fraction of sp³-hybridized carbons (Fsp3) is 0.562. The van der Waals surface area contributed by atoms with Crippen molar-refractivity contribution >= 4 is 11.7 Å². The van der Waals surface area contributed by atoms with Crippen LogP contribution in [0.4, 0.5) is 10.5 Å². The lowest BCUT2D eigenvalue weighted by Gasteiger charge is -2.22. The van der Waals surface area contributed by atoms with Crippen LogP contribution in [0.25, 0.3) is 0 Å². The predicted octanol–water partition coefficient (Wildman–Crippen LogP) is 3.00. The van der Waals surface area contributed by atoms with Crippen molar-refractivity contribution in [3.05, 3.63) is 24.3 Å². The molecule has 1 rings (SSSR count). The first-order valence-electron chi connectivity index (χ1n) is 7.38. The highest BCUT2D eigenvalue weighted by atomic mass is 16.5. The first kappa shape index (κ1) is 17.3. The second-order valence-electron chi connectivity index (χ2n) is 5.62. The number of aliphatic hydroxyl groups is 1. The topological polar surface area (TPSA) is 70.6 Å². The molecule has 0 heterocycles. The highest BCUT2D eigenvalue weighted by molar-refractivity contribution is 5.91. The summed E-state index contributed by atoms with van der Waals surface area (Å²) >= 11 is 0. The zero-order valence-corrected chi connectivity index (χ0v) is 13.2. The van der Waals surface area contributed by atoms with E-state index in [2.05, 4.69) is 10.6 Å². The lowest BCUT2D eigenvalue weighted by Crippen LogP contribution is -2.41. The Morgan fingerprint density at radius 1 is 1.24 bits per heavy atom. The summed E-state index contributed by atoms with van der Waals surface area (Å²) in [5.41, 5.74) is 0.634. The van der Waals surface area contributed by atoms with Crippen molar-refractivity contribution in [3.8, 4) is 5.75 Å². The van der Waals surface area contributed by atoms with E-state index in [1.165, 1.54) is 0 Å². The van der Waals surface area contributed by atoms with Crippen LogP contribution in [-0.2, 0) is 0 Å². The maximum absolute atomic E-state index is 12.1. The molecule has 0 spiro atoms. The van der Waals surface area contributed by atoms with E-state index in [0.29, 0.717) is 17.9 Å². The molecule has 1 aromatic carbocycles. The van der Waals surface area contributed by atoms with Crippen molar-refractivity contribution in [1.29, 1.82) is 0 Å². The number of aliphatic hydroxyl groups excluding tert-OH is 1. The zero-order chi connectivity index (χ0) is 15.8. The summed E-state index contributed by atoms with van der Waals surface area (Å²) in [6.07, 6.45) is 0.573. The molecule has 0 fully saturated rings. The predicted molar refractivity (Wildman–Crippen MR) is 84.7 cm³/mol. The third-order valence-electron chi connectivity index (χ3n) is 3.06. The standard InChI is InChI=1S/C16H26N2O3/c1-11(2)13(9-10-19)17-16(20)18-14-7-5-6-8-15(14)21-12(3)4/h5-8,11-13,19H,9-10H2,1-4H3,(H2,17,18,20)/t13-/m0/s1. The summed E-state index contributed by atoms with van der Waals surface area (Å²) in [7, 11) is 0. The number of hydrogen-bond acceptors (Lipinski definition) is 3. The molecule has 0 saturated heterocycles. The second-order valence-corrected chi connectivity index (χ2v) is 5.62. The number of carbonyl (C=O) groups is 1. The lowest BCUT2D eigenvalue weighted by molar-refractivity contribution is 0.226. The summed E-state index contributed by atoms with van der Waals surface area (Å²) in [6, 6.07) is 6.98. The van der Waals surface area contributed by atoms with Crippen LogP contribution in [0.1, 0.15) is 34.1 Å².